The molecule has 1 aliphatic carbocycles. The van der Waals surface area contributed by atoms with Crippen molar-refractivity contribution in [2.24, 2.45) is 11.1 Å². The van der Waals surface area contributed by atoms with Crippen LogP contribution in [0.25, 0.3) is 0 Å². The SMILES string of the molecule is Cc1occc1CN(C)CCC1(CN)CCC1. The first-order valence-electron chi connectivity index (χ1n) is 6.57. The Morgan fingerprint density at radius 3 is 2.71 bits per heavy atom. The van der Waals surface area contributed by atoms with E-state index in [2.05, 4.69) is 18.0 Å². The predicted octanol–water partition coefficient (Wildman–Crippen LogP) is 2.54. The van der Waals surface area contributed by atoms with Gasteiger partial charge in [-0.1, -0.05) is 6.42 Å². The zero-order valence-corrected chi connectivity index (χ0v) is 11.0. The van der Waals surface area contributed by atoms with E-state index in [-0.39, 0.29) is 0 Å². The molecule has 0 aromatic carbocycles. The molecule has 2 rings (SSSR count). The Morgan fingerprint density at radius 2 is 2.24 bits per heavy atom. The van der Waals surface area contributed by atoms with Gasteiger partial charge in [0.15, 0.2) is 0 Å². The summed E-state index contributed by atoms with van der Waals surface area (Å²) >= 11 is 0. The first-order valence-corrected chi connectivity index (χ1v) is 6.57. The summed E-state index contributed by atoms with van der Waals surface area (Å²) in [6.07, 6.45) is 7.01. The maximum atomic E-state index is 5.88. The molecule has 0 bridgehead atoms. The van der Waals surface area contributed by atoms with Crippen molar-refractivity contribution in [2.45, 2.75) is 39.2 Å². The highest BCUT2D eigenvalue weighted by atomic mass is 16.3. The summed E-state index contributed by atoms with van der Waals surface area (Å²) in [5, 5.41) is 0. The molecule has 1 heterocycles. The van der Waals surface area contributed by atoms with Gasteiger partial charge in [-0.3, -0.25) is 0 Å². The molecule has 0 atom stereocenters. The molecule has 0 aliphatic heterocycles. The van der Waals surface area contributed by atoms with Crippen molar-refractivity contribution < 1.29 is 4.42 Å². The minimum Gasteiger partial charge on any atom is -0.469 e. The second-order valence-corrected chi connectivity index (χ2v) is 5.55. The molecule has 2 N–H and O–H groups in total. The highest BCUT2D eigenvalue weighted by Gasteiger charge is 2.35. The molecule has 96 valence electrons. The topological polar surface area (TPSA) is 42.4 Å². The van der Waals surface area contributed by atoms with Gasteiger partial charge in [0.1, 0.15) is 5.76 Å². The summed E-state index contributed by atoms with van der Waals surface area (Å²) in [5.74, 6) is 1.04. The summed E-state index contributed by atoms with van der Waals surface area (Å²) in [6, 6.07) is 2.06. The average molecular weight is 236 g/mol. The average Bonchev–Trinajstić information content (AvgIpc) is 2.64. The second-order valence-electron chi connectivity index (χ2n) is 5.55. The number of nitrogens with two attached hydrogens (primary N) is 1. The molecule has 0 radical (unpaired) electrons. The fourth-order valence-corrected chi connectivity index (χ4v) is 2.61. The molecule has 3 nitrogen and oxygen atoms in total. The maximum absolute atomic E-state index is 5.88. The molecule has 0 amide bonds. The molecule has 1 aromatic heterocycles. The van der Waals surface area contributed by atoms with Gasteiger partial charge in [-0.05, 0) is 57.8 Å². The Kier molecular flexibility index (Phi) is 3.89. The summed E-state index contributed by atoms with van der Waals surface area (Å²) in [4.78, 5) is 2.37. The number of furan rings is 1. The van der Waals surface area contributed by atoms with Crippen LogP contribution in [0.5, 0.6) is 0 Å². The Morgan fingerprint density at radius 1 is 1.47 bits per heavy atom. The van der Waals surface area contributed by atoms with Gasteiger partial charge >= 0.3 is 0 Å². The number of nitrogens with zero attached hydrogens (tertiary/aromatic N) is 1. The lowest BCUT2D eigenvalue weighted by molar-refractivity contribution is 0.110. The minimum atomic E-state index is 0.458. The van der Waals surface area contributed by atoms with Crippen molar-refractivity contribution in [2.75, 3.05) is 20.1 Å². The van der Waals surface area contributed by atoms with Gasteiger partial charge in [-0.2, -0.15) is 0 Å². The van der Waals surface area contributed by atoms with E-state index in [1.807, 2.05) is 6.92 Å². The highest BCUT2D eigenvalue weighted by molar-refractivity contribution is 5.14. The third-order valence-corrected chi connectivity index (χ3v) is 4.28. The molecule has 0 saturated heterocycles. The van der Waals surface area contributed by atoms with Crippen molar-refractivity contribution in [1.29, 1.82) is 0 Å². The van der Waals surface area contributed by atoms with Gasteiger partial charge in [0.25, 0.3) is 0 Å². The summed E-state index contributed by atoms with van der Waals surface area (Å²) in [5.41, 5.74) is 7.63. The summed E-state index contributed by atoms with van der Waals surface area (Å²) < 4.78 is 5.32. The molecule has 1 aliphatic rings. The second kappa shape index (κ2) is 5.23. The first kappa shape index (κ1) is 12.7. The van der Waals surface area contributed by atoms with Crippen LogP contribution in [0.4, 0.5) is 0 Å². The lowest BCUT2D eigenvalue weighted by atomic mass is 9.66. The van der Waals surface area contributed by atoms with Gasteiger partial charge in [0.05, 0.1) is 6.26 Å². The van der Waals surface area contributed by atoms with E-state index in [1.54, 1.807) is 6.26 Å². The van der Waals surface area contributed by atoms with E-state index in [1.165, 1.54) is 31.2 Å². The van der Waals surface area contributed by atoms with Crippen LogP contribution >= 0.6 is 0 Å². The zero-order chi connectivity index (χ0) is 12.3. The number of rotatable bonds is 6. The predicted molar refractivity (Wildman–Crippen MR) is 69.7 cm³/mol. The zero-order valence-electron chi connectivity index (χ0n) is 11.0. The Bertz CT molecular complexity index is 349. The Hall–Kier alpha value is -0.800. The number of hydrogen-bond donors (Lipinski definition) is 1. The van der Waals surface area contributed by atoms with Crippen molar-refractivity contribution in [3.05, 3.63) is 23.7 Å². The van der Waals surface area contributed by atoms with Crippen molar-refractivity contribution in [3.63, 3.8) is 0 Å². The van der Waals surface area contributed by atoms with Gasteiger partial charge in [-0.15, -0.1) is 0 Å². The van der Waals surface area contributed by atoms with Gasteiger partial charge < -0.3 is 15.1 Å². The van der Waals surface area contributed by atoms with Crippen molar-refractivity contribution >= 4 is 0 Å². The van der Waals surface area contributed by atoms with E-state index in [0.29, 0.717) is 5.41 Å². The van der Waals surface area contributed by atoms with E-state index >= 15 is 0 Å². The molecular weight excluding hydrogens is 212 g/mol. The van der Waals surface area contributed by atoms with Crippen LogP contribution in [-0.4, -0.2) is 25.0 Å². The Balaban J connectivity index is 1.78. The van der Waals surface area contributed by atoms with Gasteiger partial charge in [0, 0.05) is 12.1 Å². The summed E-state index contributed by atoms with van der Waals surface area (Å²) in [7, 11) is 2.18. The lowest BCUT2D eigenvalue weighted by Crippen LogP contribution is -2.39. The monoisotopic (exact) mass is 236 g/mol. The smallest absolute Gasteiger partial charge is 0.105 e. The molecule has 0 spiro atoms. The molecule has 0 unspecified atom stereocenters. The van der Waals surface area contributed by atoms with Crippen LogP contribution in [0.1, 0.15) is 37.0 Å². The third-order valence-electron chi connectivity index (χ3n) is 4.28. The normalized spacial score (nSPS) is 18.4. The van der Waals surface area contributed by atoms with E-state index in [0.717, 1.165) is 25.4 Å². The first-order chi connectivity index (χ1) is 8.15. The third kappa shape index (κ3) is 2.90. The fourth-order valence-electron chi connectivity index (χ4n) is 2.61. The van der Waals surface area contributed by atoms with Crippen LogP contribution < -0.4 is 5.73 Å². The van der Waals surface area contributed by atoms with Crippen LogP contribution in [0.2, 0.25) is 0 Å². The molecule has 1 saturated carbocycles. The molecule has 1 fully saturated rings. The maximum Gasteiger partial charge on any atom is 0.105 e. The van der Waals surface area contributed by atoms with Crippen LogP contribution in [0.15, 0.2) is 16.7 Å². The number of hydrogen-bond acceptors (Lipinski definition) is 3. The van der Waals surface area contributed by atoms with Crippen molar-refractivity contribution in [1.82, 2.24) is 4.90 Å². The largest absolute Gasteiger partial charge is 0.469 e. The van der Waals surface area contributed by atoms with E-state index in [9.17, 15) is 0 Å². The van der Waals surface area contributed by atoms with E-state index in [4.69, 9.17) is 10.2 Å². The molecule has 1 aromatic rings. The minimum absolute atomic E-state index is 0.458. The lowest BCUT2D eigenvalue weighted by Gasteiger charge is -2.42. The quantitative estimate of drug-likeness (QED) is 0.825. The molecular formula is C14H24N2O. The van der Waals surface area contributed by atoms with Gasteiger partial charge in [-0.25, -0.2) is 0 Å². The van der Waals surface area contributed by atoms with E-state index < -0.39 is 0 Å². The summed E-state index contributed by atoms with van der Waals surface area (Å²) in [6.45, 7) is 4.98. The van der Waals surface area contributed by atoms with Crippen LogP contribution in [0, 0.1) is 12.3 Å². The fraction of sp³-hybridized carbons (Fsp3) is 0.714. The van der Waals surface area contributed by atoms with Crippen LogP contribution in [0.3, 0.4) is 0 Å². The Labute approximate surface area is 104 Å². The number of aryl methyl sites for hydroxylation is 1. The van der Waals surface area contributed by atoms with Crippen LogP contribution in [-0.2, 0) is 6.54 Å². The molecule has 17 heavy (non-hydrogen) atoms. The van der Waals surface area contributed by atoms with Gasteiger partial charge in [0.2, 0.25) is 0 Å². The highest BCUT2D eigenvalue weighted by Crippen LogP contribution is 2.42. The van der Waals surface area contributed by atoms with Crippen molar-refractivity contribution in [3.8, 4) is 0 Å². The molecule has 3 heteroatoms. The standard InChI is InChI=1S/C14H24N2O/c1-12-13(4-9-17-12)10-16(2)8-7-14(11-15)5-3-6-14/h4,9H,3,5-8,10-11,15H2,1-2H3.